The van der Waals surface area contributed by atoms with Crippen LogP contribution in [-0.2, 0) is 9.53 Å². The summed E-state index contributed by atoms with van der Waals surface area (Å²) in [5.74, 6) is 0.567. The van der Waals surface area contributed by atoms with Gasteiger partial charge in [0.2, 0.25) is 0 Å². The van der Waals surface area contributed by atoms with Crippen LogP contribution in [0.25, 0.3) is 22.2 Å². The van der Waals surface area contributed by atoms with Crippen molar-refractivity contribution in [3.8, 4) is 17.0 Å². The number of aromatic nitrogens is 1. The van der Waals surface area contributed by atoms with Crippen molar-refractivity contribution in [3.05, 3.63) is 60.7 Å². The van der Waals surface area contributed by atoms with Gasteiger partial charge in [0, 0.05) is 37.2 Å². The van der Waals surface area contributed by atoms with Crippen molar-refractivity contribution in [2.45, 2.75) is 0 Å². The van der Waals surface area contributed by atoms with Crippen LogP contribution in [-0.4, -0.2) is 60.9 Å². The van der Waals surface area contributed by atoms with E-state index in [0.29, 0.717) is 32.1 Å². The van der Waals surface area contributed by atoms with Gasteiger partial charge in [0.25, 0.3) is 5.91 Å². The first-order chi connectivity index (χ1) is 13.7. The highest BCUT2D eigenvalue weighted by atomic mass is 16.5. The Bertz CT molecular complexity index is 956. The zero-order valence-corrected chi connectivity index (χ0v) is 15.9. The van der Waals surface area contributed by atoms with E-state index in [0.717, 1.165) is 22.2 Å². The van der Waals surface area contributed by atoms with Crippen LogP contribution in [0.5, 0.6) is 5.75 Å². The predicted molar refractivity (Wildman–Crippen MR) is 108 cm³/mol. The van der Waals surface area contributed by atoms with Gasteiger partial charge in [-0.2, -0.15) is 0 Å². The van der Waals surface area contributed by atoms with Crippen molar-refractivity contribution in [1.82, 2.24) is 15.0 Å². The third kappa shape index (κ3) is 3.98. The highest BCUT2D eigenvalue weighted by molar-refractivity contribution is 5.88. The van der Waals surface area contributed by atoms with Crippen LogP contribution in [0.3, 0.4) is 0 Å². The summed E-state index contributed by atoms with van der Waals surface area (Å²) in [6.07, 6.45) is 0. The molecule has 6 heteroatoms. The summed E-state index contributed by atoms with van der Waals surface area (Å²) >= 11 is 0. The van der Waals surface area contributed by atoms with Gasteiger partial charge >= 0.3 is 0 Å². The van der Waals surface area contributed by atoms with Gasteiger partial charge in [-0.05, 0) is 12.1 Å². The van der Waals surface area contributed by atoms with Gasteiger partial charge < -0.3 is 9.47 Å². The standard InChI is InChI=1S/C22H23N3O3/c1-24(25-11-13-27-14-12-25)22(26)16-28-21-15-20(17-7-3-2-4-8-17)23-19-10-6-5-9-18(19)21/h2-10,15H,11-14,16H2,1H3. The number of para-hydroxylation sites is 1. The Morgan fingerprint density at radius 2 is 1.82 bits per heavy atom. The first-order valence-electron chi connectivity index (χ1n) is 9.39. The molecule has 2 aromatic carbocycles. The summed E-state index contributed by atoms with van der Waals surface area (Å²) in [7, 11) is 1.77. The van der Waals surface area contributed by atoms with E-state index >= 15 is 0 Å². The number of carbonyl (C=O) groups is 1. The van der Waals surface area contributed by atoms with Crippen LogP contribution in [0.2, 0.25) is 0 Å². The second-order valence-electron chi connectivity index (χ2n) is 6.66. The number of ether oxygens (including phenoxy) is 2. The van der Waals surface area contributed by atoms with Crippen LogP contribution in [0.15, 0.2) is 60.7 Å². The topological polar surface area (TPSA) is 54.9 Å². The van der Waals surface area contributed by atoms with Crippen LogP contribution in [0.1, 0.15) is 0 Å². The van der Waals surface area contributed by atoms with Gasteiger partial charge in [0.1, 0.15) is 5.75 Å². The van der Waals surface area contributed by atoms with Crippen molar-refractivity contribution in [2.24, 2.45) is 0 Å². The van der Waals surface area contributed by atoms with E-state index in [-0.39, 0.29) is 12.5 Å². The molecule has 0 spiro atoms. The molecule has 0 aliphatic carbocycles. The van der Waals surface area contributed by atoms with E-state index < -0.39 is 0 Å². The zero-order chi connectivity index (χ0) is 19.3. The Kier molecular flexibility index (Phi) is 5.50. The van der Waals surface area contributed by atoms with Gasteiger partial charge in [-0.15, -0.1) is 0 Å². The average Bonchev–Trinajstić information content (AvgIpc) is 2.77. The lowest BCUT2D eigenvalue weighted by Crippen LogP contribution is -2.50. The number of hydrogen-bond donors (Lipinski definition) is 0. The number of nitrogens with zero attached hydrogens (tertiary/aromatic N) is 3. The Morgan fingerprint density at radius 1 is 1.11 bits per heavy atom. The van der Waals surface area contributed by atoms with Crippen LogP contribution < -0.4 is 4.74 Å². The first kappa shape index (κ1) is 18.4. The van der Waals surface area contributed by atoms with Crippen molar-refractivity contribution < 1.29 is 14.3 Å². The highest BCUT2D eigenvalue weighted by Crippen LogP contribution is 2.30. The minimum absolute atomic E-state index is 0.0317. The lowest BCUT2D eigenvalue weighted by atomic mass is 10.1. The molecule has 1 aliphatic heterocycles. The summed E-state index contributed by atoms with van der Waals surface area (Å²) in [5, 5.41) is 4.50. The predicted octanol–water partition coefficient (Wildman–Crippen LogP) is 2.99. The molecule has 28 heavy (non-hydrogen) atoms. The quantitative estimate of drug-likeness (QED) is 0.684. The van der Waals surface area contributed by atoms with E-state index in [1.165, 1.54) is 0 Å². The van der Waals surface area contributed by atoms with E-state index in [4.69, 9.17) is 14.5 Å². The molecule has 1 fully saturated rings. The molecule has 1 aromatic heterocycles. The number of hydrazine groups is 1. The molecule has 1 aliphatic rings. The fraction of sp³-hybridized carbons (Fsp3) is 0.273. The monoisotopic (exact) mass is 377 g/mol. The molecule has 1 amide bonds. The number of morpholine rings is 1. The molecule has 3 aromatic rings. The normalized spacial score (nSPS) is 14.8. The van der Waals surface area contributed by atoms with Crippen molar-refractivity contribution in [2.75, 3.05) is 40.0 Å². The summed E-state index contributed by atoms with van der Waals surface area (Å²) in [6.45, 7) is 2.65. The SMILES string of the molecule is CN(C(=O)COc1cc(-c2ccccc2)nc2ccccc12)N1CCOCC1. The Balaban J connectivity index is 1.56. The summed E-state index contributed by atoms with van der Waals surface area (Å²) < 4.78 is 11.3. The molecule has 2 heterocycles. The Hall–Kier alpha value is -2.96. The molecule has 0 N–H and O–H groups in total. The van der Waals surface area contributed by atoms with E-state index in [1.807, 2.05) is 65.7 Å². The van der Waals surface area contributed by atoms with E-state index in [1.54, 1.807) is 12.1 Å². The van der Waals surface area contributed by atoms with Gasteiger partial charge in [-0.25, -0.2) is 9.99 Å². The maximum Gasteiger partial charge on any atom is 0.274 e. The number of rotatable bonds is 5. The highest BCUT2D eigenvalue weighted by Gasteiger charge is 2.20. The van der Waals surface area contributed by atoms with E-state index in [2.05, 4.69) is 0 Å². The maximum atomic E-state index is 12.6. The smallest absolute Gasteiger partial charge is 0.274 e. The molecule has 0 radical (unpaired) electrons. The molecule has 1 saturated heterocycles. The molecule has 0 atom stereocenters. The first-order valence-corrected chi connectivity index (χ1v) is 9.39. The third-order valence-corrected chi connectivity index (χ3v) is 4.87. The molecule has 6 nitrogen and oxygen atoms in total. The number of amides is 1. The zero-order valence-electron chi connectivity index (χ0n) is 15.9. The number of likely N-dealkylation sites (N-methyl/N-ethyl adjacent to an activating group) is 1. The molecule has 4 rings (SSSR count). The number of hydrogen-bond acceptors (Lipinski definition) is 5. The molecule has 0 bridgehead atoms. The molecule has 144 valence electrons. The van der Waals surface area contributed by atoms with Crippen molar-refractivity contribution in [3.63, 3.8) is 0 Å². The summed E-state index contributed by atoms with van der Waals surface area (Å²) in [5.41, 5.74) is 2.67. The summed E-state index contributed by atoms with van der Waals surface area (Å²) in [4.78, 5) is 17.4. The fourth-order valence-corrected chi connectivity index (χ4v) is 3.26. The average molecular weight is 377 g/mol. The van der Waals surface area contributed by atoms with Gasteiger partial charge in [0.15, 0.2) is 6.61 Å². The van der Waals surface area contributed by atoms with Gasteiger partial charge in [0.05, 0.1) is 24.4 Å². The number of carbonyl (C=O) groups excluding carboxylic acids is 1. The maximum absolute atomic E-state index is 12.6. The third-order valence-electron chi connectivity index (χ3n) is 4.87. The minimum atomic E-state index is -0.0935. The second kappa shape index (κ2) is 8.37. The lowest BCUT2D eigenvalue weighted by Gasteiger charge is -2.34. The molecule has 0 saturated carbocycles. The van der Waals surface area contributed by atoms with Crippen LogP contribution >= 0.6 is 0 Å². The second-order valence-corrected chi connectivity index (χ2v) is 6.66. The fourth-order valence-electron chi connectivity index (χ4n) is 3.26. The largest absolute Gasteiger partial charge is 0.483 e. The lowest BCUT2D eigenvalue weighted by molar-refractivity contribution is -0.154. The summed E-state index contributed by atoms with van der Waals surface area (Å²) in [6, 6.07) is 19.7. The Labute approximate surface area is 164 Å². The van der Waals surface area contributed by atoms with Crippen LogP contribution in [0, 0.1) is 0 Å². The van der Waals surface area contributed by atoms with Crippen molar-refractivity contribution >= 4 is 16.8 Å². The van der Waals surface area contributed by atoms with Gasteiger partial charge in [-0.1, -0.05) is 42.5 Å². The molecule has 0 unspecified atom stereocenters. The van der Waals surface area contributed by atoms with Gasteiger partial charge in [-0.3, -0.25) is 9.80 Å². The Morgan fingerprint density at radius 3 is 2.61 bits per heavy atom. The number of benzene rings is 2. The van der Waals surface area contributed by atoms with Crippen LogP contribution in [0.4, 0.5) is 0 Å². The molecular weight excluding hydrogens is 354 g/mol. The molecular formula is C22H23N3O3. The van der Waals surface area contributed by atoms with E-state index in [9.17, 15) is 4.79 Å². The number of fused-ring (bicyclic) bond motifs is 1. The number of pyridine rings is 1. The van der Waals surface area contributed by atoms with Crippen molar-refractivity contribution in [1.29, 1.82) is 0 Å². The minimum Gasteiger partial charge on any atom is -0.483 e.